The minimum Gasteiger partial charge on any atom is -0.338 e. The molecule has 0 fully saturated rings. The molecule has 2 aromatic carbocycles. The Labute approximate surface area is 154 Å². The summed E-state index contributed by atoms with van der Waals surface area (Å²) < 4.78 is 3.64. The number of nitro benzene ring substituents is 1. The van der Waals surface area contributed by atoms with Gasteiger partial charge in [0.1, 0.15) is 6.54 Å². The summed E-state index contributed by atoms with van der Waals surface area (Å²) >= 11 is 0. The van der Waals surface area contributed by atoms with Gasteiger partial charge in [0.25, 0.3) is 5.69 Å². The highest BCUT2D eigenvalue weighted by Gasteiger charge is 2.11. The topological polar surface area (TPSA) is 95.0 Å². The highest BCUT2D eigenvalue weighted by atomic mass is 16.6. The SMILES string of the molecule is CCn1ncc2ccc(NC(=O)Cn3ccc4cc([N+](=O)[O-])ccc43)cc21. The molecule has 0 aliphatic heterocycles. The summed E-state index contributed by atoms with van der Waals surface area (Å²) in [7, 11) is 0. The molecule has 0 aliphatic carbocycles. The van der Waals surface area contributed by atoms with Crippen LogP contribution < -0.4 is 5.32 Å². The van der Waals surface area contributed by atoms with Crippen molar-refractivity contribution in [1.82, 2.24) is 14.3 Å². The van der Waals surface area contributed by atoms with Crippen molar-refractivity contribution in [2.45, 2.75) is 20.0 Å². The lowest BCUT2D eigenvalue weighted by Gasteiger charge is -2.08. The van der Waals surface area contributed by atoms with Gasteiger partial charge in [-0.1, -0.05) is 0 Å². The van der Waals surface area contributed by atoms with E-state index in [2.05, 4.69) is 10.4 Å². The molecule has 1 amide bonds. The van der Waals surface area contributed by atoms with Crippen LogP contribution in [0.4, 0.5) is 11.4 Å². The van der Waals surface area contributed by atoms with Crippen LogP contribution in [0.3, 0.4) is 0 Å². The molecular weight excluding hydrogens is 346 g/mol. The molecule has 0 saturated carbocycles. The molecule has 4 rings (SSSR count). The van der Waals surface area contributed by atoms with Crippen molar-refractivity contribution in [2.24, 2.45) is 0 Å². The molecule has 0 radical (unpaired) electrons. The molecule has 0 aliphatic rings. The van der Waals surface area contributed by atoms with E-state index in [1.807, 2.05) is 29.8 Å². The fourth-order valence-corrected chi connectivity index (χ4v) is 3.19. The number of hydrogen-bond donors (Lipinski definition) is 1. The fraction of sp³-hybridized carbons (Fsp3) is 0.158. The predicted molar refractivity (Wildman–Crippen MR) is 103 cm³/mol. The minimum atomic E-state index is -0.430. The third-order valence-electron chi connectivity index (χ3n) is 4.51. The first-order chi connectivity index (χ1) is 13.0. The molecular formula is C19H17N5O3. The van der Waals surface area contributed by atoms with Crippen molar-refractivity contribution in [1.29, 1.82) is 0 Å². The normalized spacial score (nSPS) is 11.1. The summed E-state index contributed by atoms with van der Waals surface area (Å²) in [5.41, 5.74) is 2.48. The summed E-state index contributed by atoms with van der Waals surface area (Å²) in [5.74, 6) is -0.173. The first-order valence-electron chi connectivity index (χ1n) is 8.54. The zero-order valence-electron chi connectivity index (χ0n) is 14.6. The monoisotopic (exact) mass is 363 g/mol. The molecule has 0 saturated heterocycles. The standard InChI is InChI=1S/C19H17N5O3/c1-2-23-18-10-15(4-3-14(18)11-20-23)21-19(25)12-22-8-7-13-9-16(24(26)27)5-6-17(13)22/h3-11H,2,12H2,1H3,(H,21,25). The zero-order chi connectivity index (χ0) is 19.0. The first kappa shape index (κ1) is 16.8. The van der Waals surface area contributed by atoms with Gasteiger partial charge in [-0.25, -0.2) is 0 Å². The Morgan fingerprint density at radius 3 is 2.78 bits per heavy atom. The lowest BCUT2D eigenvalue weighted by molar-refractivity contribution is -0.384. The number of nitro groups is 1. The summed E-state index contributed by atoms with van der Waals surface area (Å²) in [6.07, 6.45) is 3.55. The van der Waals surface area contributed by atoms with Gasteiger partial charge in [0.2, 0.25) is 5.91 Å². The van der Waals surface area contributed by atoms with Crippen molar-refractivity contribution >= 4 is 39.1 Å². The summed E-state index contributed by atoms with van der Waals surface area (Å²) in [5, 5.41) is 19.8. The lowest BCUT2D eigenvalue weighted by atomic mass is 10.2. The average molecular weight is 363 g/mol. The Balaban J connectivity index is 1.54. The molecule has 4 aromatic rings. The van der Waals surface area contributed by atoms with Gasteiger partial charge in [0.15, 0.2) is 0 Å². The van der Waals surface area contributed by atoms with Crippen LogP contribution in [0.15, 0.2) is 54.9 Å². The van der Waals surface area contributed by atoms with Crippen LogP contribution in [0.1, 0.15) is 6.92 Å². The number of carbonyl (C=O) groups is 1. The van der Waals surface area contributed by atoms with Crippen molar-refractivity contribution in [3.8, 4) is 0 Å². The molecule has 136 valence electrons. The number of non-ortho nitro benzene ring substituents is 1. The van der Waals surface area contributed by atoms with Crippen LogP contribution in [0.5, 0.6) is 0 Å². The quantitative estimate of drug-likeness (QED) is 0.433. The maximum Gasteiger partial charge on any atom is 0.270 e. The second kappa shape index (κ2) is 6.56. The summed E-state index contributed by atoms with van der Waals surface area (Å²) in [6, 6.07) is 12.0. The van der Waals surface area contributed by atoms with Gasteiger partial charge in [-0.2, -0.15) is 5.10 Å². The second-order valence-corrected chi connectivity index (χ2v) is 6.23. The number of aromatic nitrogens is 3. The van der Waals surface area contributed by atoms with Crippen molar-refractivity contribution in [3.05, 3.63) is 65.0 Å². The number of anilines is 1. The molecule has 8 nitrogen and oxygen atoms in total. The molecule has 27 heavy (non-hydrogen) atoms. The first-order valence-corrected chi connectivity index (χ1v) is 8.54. The Morgan fingerprint density at radius 2 is 2.00 bits per heavy atom. The van der Waals surface area contributed by atoms with Crippen LogP contribution in [0, 0.1) is 10.1 Å². The van der Waals surface area contributed by atoms with E-state index in [0.717, 1.165) is 28.4 Å². The Morgan fingerprint density at radius 1 is 1.15 bits per heavy atom. The van der Waals surface area contributed by atoms with E-state index >= 15 is 0 Å². The third kappa shape index (κ3) is 3.12. The van der Waals surface area contributed by atoms with Gasteiger partial charge in [-0.05, 0) is 37.3 Å². The third-order valence-corrected chi connectivity index (χ3v) is 4.51. The molecule has 0 unspecified atom stereocenters. The average Bonchev–Trinajstić information content (AvgIpc) is 3.24. The number of aryl methyl sites for hydroxylation is 1. The molecule has 2 aromatic heterocycles. The minimum absolute atomic E-state index is 0.0329. The summed E-state index contributed by atoms with van der Waals surface area (Å²) in [4.78, 5) is 22.9. The highest BCUT2D eigenvalue weighted by Crippen LogP contribution is 2.22. The highest BCUT2D eigenvalue weighted by molar-refractivity contribution is 5.94. The van der Waals surface area contributed by atoms with Gasteiger partial charge in [-0.3, -0.25) is 19.6 Å². The van der Waals surface area contributed by atoms with Crippen LogP contribution in [-0.2, 0) is 17.9 Å². The predicted octanol–water partition coefficient (Wildman–Crippen LogP) is 3.56. The van der Waals surface area contributed by atoms with E-state index in [1.165, 1.54) is 12.1 Å². The van der Waals surface area contributed by atoms with E-state index in [0.29, 0.717) is 5.69 Å². The van der Waals surface area contributed by atoms with Crippen molar-refractivity contribution in [2.75, 3.05) is 5.32 Å². The van der Waals surface area contributed by atoms with Gasteiger partial charge in [0, 0.05) is 46.9 Å². The largest absolute Gasteiger partial charge is 0.338 e. The van der Waals surface area contributed by atoms with Gasteiger partial charge in [-0.15, -0.1) is 0 Å². The Kier molecular flexibility index (Phi) is 4.08. The van der Waals surface area contributed by atoms with Gasteiger partial charge >= 0.3 is 0 Å². The molecule has 0 bridgehead atoms. The number of rotatable bonds is 5. The molecule has 1 N–H and O–H groups in total. The maximum atomic E-state index is 12.5. The van der Waals surface area contributed by atoms with Crippen molar-refractivity contribution in [3.63, 3.8) is 0 Å². The zero-order valence-corrected chi connectivity index (χ0v) is 14.6. The van der Waals surface area contributed by atoms with E-state index in [4.69, 9.17) is 0 Å². The number of nitrogens with zero attached hydrogens (tertiary/aromatic N) is 4. The Bertz CT molecular complexity index is 1170. The molecule has 0 spiro atoms. The molecule has 0 atom stereocenters. The van der Waals surface area contributed by atoms with E-state index in [1.54, 1.807) is 29.1 Å². The maximum absolute atomic E-state index is 12.5. The van der Waals surface area contributed by atoms with Crippen molar-refractivity contribution < 1.29 is 9.72 Å². The van der Waals surface area contributed by atoms with Crippen LogP contribution in [0.2, 0.25) is 0 Å². The van der Waals surface area contributed by atoms with Crippen LogP contribution in [0.25, 0.3) is 21.8 Å². The smallest absolute Gasteiger partial charge is 0.270 e. The number of hydrogen-bond acceptors (Lipinski definition) is 4. The van der Waals surface area contributed by atoms with Crippen LogP contribution >= 0.6 is 0 Å². The Hall–Kier alpha value is -3.68. The van der Waals surface area contributed by atoms with Crippen LogP contribution in [-0.4, -0.2) is 25.2 Å². The number of carbonyl (C=O) groups excluding carboxylic acids is 1. The summed E-state index contributed by atoms with van der Waals surface area (Å²) in [6.45, 7) is 2.88. The number of benzene rings is 2. The van der Waals surface area contributed by atoms with E-state index < -0.39 is 4.92 Å². The fourth-order valence-electron chi connectivity index (χ4n) is 3.19. The lowest BCUT2D eigenvalue weighted by Crippen LogP contribution is -2.18. The number of amides is 1. The van der Waals surface area contributed by atoms with E-state index in [-0.39, 0.29) is 18.1 Å². The second-order valence-electron chi connectivity index (χ2n) is 6.23. The van der Waals surface area contributed by atoms with Gasteiger partial charge < -0.3 is 9.88 Å². The number of fused-ring (bicyclic) bond motifs is 2. The molecule has 2 heterocycles. The van der Waals surface area contributed by atoms with E-state index in [9.17, 15) is 14.9 Å². The number of nitrogens with one attached hydrogen (secondary N) is 1. The van der Waals surface area contributed by atoms with Gasteiger partial charge in [0.05, 0.1) is 16.6 Å². The molecule has 8 heteroatoms.